The largest absolute Gasteiger partial charge is 0.466 e. The minimum Gasteiger partial charge on any atom is -0.466 e. The topological polar surface area (TPSA) is 69.0 Å². The molecule has 0 saturated heterocycles. The molecule has 0 aromatic carbocycles. The Balaban J connectivity index is 2.29. The van der Waals surface area contributed by atoms with Crippen molar-refractivity contribution in [3.05, 3.63) is 17.3 Å². The van der Waals surface area contributed by atoms with Crippen LogP contribution in [0.25, 0.3) is 11.0 Å². The molecule has 0 unspecified atom stereocenters. The van der Waals surface area contributed by atoms with E-state index in [1.54, 1.807) is 0 Å². The Bertz CT molecular complexity index is 740. The highest BCUT2D eigenvalue weighted by Crippen LogP contribution is 2.38. The molecule has 2 aromatic heterocycles. The number of fused-ring (bicyclic) bond motifs is 1. The van der Waals surface area contributed by atoms with E-state index in [-0.39, 0.29) is 22.6 Å². The van der Waals surface area contributed by atoms with Gasteiger partial charge in [-0.05, 0) is 19.4 Å². The maximum absolute atomic E-state index is 13.3. The van der Waals surface area contributed by atoms with Crippen molar-refractivity contribution in [2.24, 2.45) is 7.05 Å². The number of nitrogens with one attached hydrogen (secondary N) is 1. The number of alkyl halides is 3. The fraction of sp³-hybridized carbons (Fsp3) is 0.533. The van der Waals surface area contributed by atoms with Crippen molar-refractivity contribution in [3.63, 3.8) is 0 Å². The molecule has 2 rings (SSSR count). The Labute approximate surface area is 137 Å². The van der Waals surface area contributed by atoms with Gasteiger partial charge >= 0.3 is 6.18 Å². The van der Waals surface area contributed by atoms with Crippen molar-refractivity contribution < 1.29 is 22.7 Å². The molecule has 1 amide bonds. The summed E-state index contributed by atoms with van der Waals surface area (Å²) in [7, 11) is 1.48. The number of carbonyl (C=O) groups is 1. The Morgan fingerprint density at radius 1 is 1.42 bits per heavy atom. The third kappa shape index (κ3) is 3.95. The van der Waals surface area contributed by atoms with Crippen LogP contribution in [0, 0.1) is 6.92 Å². The molecule has 9 heteroatoms. The summed E-state index contributed by atoms with van der Waals surface area (Å²) < 4.78 is 46.3. The van der Waals surface area contributed by atoms with Gasteiger partial charge in [-0.2, -0.15) is 13.2 Å². The molecule has 2 heterocycles. The Hall–Kier alpha value is -2.32. The van der Waals surface area contributed by atoms with Crippen molar-refractivity contribution >= 4 is 16.9 Å². The van der Waals surface area contributed by atoms with Crippen LogP contribution in [0.3, 0.4) is 0 Å². The Morgan fingerprint density at radius 3 is 2.75 bits per heavy atom. The molecule has 0 radical (unpaired) electrons. The molecule has 0 atom stereocenters. The van der Waals surface area contributed by atoms with Crippen LogP contribution in [0.2, 0.25) is 0 Å². The van der Waals surface area contributed by atoms with Crippen molar-refractivity contribution in [2.75, 3.05) is 13.2 Å². The van der Waals surface area contributed by atoms with Gasteiger partial charge in [0.15, 0.2) is 12.3 Å². The second-order valence-electron chi connectivity index (χ2n) is 5.43. The number of hydrogen-bond donors (Lipinski definition) is 1. The first-order valence-electron chi connectivity index (χ1n) is 7.55. The number of aromatic nitrogens is 3. The summed E-state index contributed by atoms with van der Waals surface area (Å²) in [6.07, 6.45) is -2.83. The van der Waals surface area contributed by atoms with Gasteiger partial charge in [0, 0.05) is 19.3 Å². The van der Waals surface area contributed by atoms with E-state index in [0.717, 1.165) is 18.9 Å². The van der Waals surface area contributed by atoms with E-state index in [4.69, 9.17) is 4.74 Å². The molecular formula is C15H19F3N4O2. The van der Waals surface area contributed by atoms with Gasteiger partial charge in [0.2, 0.25) is 5.88 Å². The summed E-state index contributed by atoms with van der Waals surface area (Å²) >= 11 is 0. The summed E-state index contributed by atoms with van der Waals surface area (Å²) in [6, 6.07) is 0.943. The number of aryl methyl sites for hydroxylation is 2. The number of rotatable bonds is 6. The van der Waals surface area contributed by atoms with Crippen LogP contribution in [0.5, 0.6) is 5.88 Å². The SMILES string of the molecule is CCCCNC(=O)COc1nn(C)c2nc(C)cc(C(F)(F)F)c12. The molecule has 0 fully saturated rings. The molecule has 0 spiro atoms. The zero-order chi connectivity index (χ0) is 17.9. The van der Waals surface area contributed by atoms with Crippen molar-refractivity contribution in [1.29, 1.82) is 0 Å². The lowest BCUT2D eigenvalue weighted by atomic mass is 10.1. The monoisotopic (exact) mass is 344 g/mol. The summed E-state index contributed by atoms with van der Waals surface area (Å²) in [5.41, 5.74) is -0.593. The van der Waals surface area contributed by atoms with Crippen LogP contribution in [0.4, 0.5) is 13.2 Å². The van der Waals surface area contributed by atoms with Gasteiger partial charge < -0.3 is 10.1 Å². The minimum atomic E-state index is -4.57. The zero-order valence-electron chi connectivity index (χ0n) is 13.7. The lowest BCUT2D eigenvalue weighted by Crippen LogP contribution is -2.29. The molecule has 132 valence electrons. The number of hydrogen-bond acceptors (Lipinski definition) is 4. The first-order valence-corrected chi connectivity index (χ1v) is 7.55. The number of nitrogens with zero attached hydrogens (tertiary/aromatic N) is 3. The molecular weight excluding hydrogens is 325 g/mol. The highest BCUT2D eigenvalue weighted by molar-refractivity contribution is 5.86. The second-order valence-corrected chi connectivity index (χ2v) is 5.43. The third-order valence-corrected chi connectivity index (χ3v) is 3.39. The molecule has 0 bridgehead atoms. The zero-order valence-corrected chi connectivity index (χ0v) is 13.7. The number of amides is 1. The van der Waals surface area contributed by atoms with Crippen LogP contribution in [-0.4, -0.2) is 33.8 Å². The predicted molar refractivity (Wildman–Crippen MR) is 81.7 cm³/mol. The Kier molecular flexibility index (Phi) is 5.30. The molecule has 0 aliphatic heterocycles. The van der Waals surface area contributed by atoms with Crippen molar-refractivity contribution in [1.82, 2.24) is 20.1 Å². The molecule has 0 aliphatic rings. The fourth-order valence-electron chi connectivity index (χ4n) is 2.25. The summed E-state index contributed by atoms with van der Waals surface area (Å²) in [6.45, 7) is 3.55. The first-order chi connectivity index (χ1) is 11.2. The number of halogens is 3. The molecule has 0 aliphatic carbocycles. The van der Waals surface area contributed by atoms with E-state index in [2.05, 4.69) is 15.4 Å². The summed E-state index contributed by atoms with van der Waals surface area (Å²) in [5, 5.41) is 6.31. The van der Waals surface area contributed by atoms with Crippen LogP contribution in [-0.2, 0) is 18.0 Å². The van der Waals surface area contributed by atoms with Crippen LogP contribution < -0.4 is 10.1 Å². The highest BCUT2D eigenvalue weighted by Gasteiger charge is 2.36. The number of unbranched alkanes of at least 4 members (excludes halogenated alkanes) is 1. The highest BCUT2D eigenvalue weighted by atomic mass is 19.4. The Morgan fingerprint density at radius 2 is 2.12 bits per heavy atom. The smallest absolute Gasteiger partial charge is 0.417 e. The molecule has 0 saturated carbocycles. The van der Waals surface area contributed by atoms with Gasteiger partial charge in [0.25, 0.3) is 5.91 Å². The second kappa shape index (κ2) is 7.06. The molecule has 1 N–H and O–H groups in total. The first kappa shape index (κ1) is 18.0. The van der Waals surface area contributed by atoms with E-state index >= 15 is 0 Å². The van der Waals surface area contributed by atoms with E-state index in [9.17, 15) is 18.0 Å². The average molecular weight is 344 g/mol. The van der Waals surface area contributed by atoms with E-state index in [1.165, 1.54) is 18.7 Å². The lowest BCUT2D eigenvalue weighted by Gasteiger charge is -2.10. The van der Waals surface area contributed by atoms with Gasteiger partial charge in [-0.1, -0.05) is 13.3 Å². The standard InChI is InChI=1S/C15H19F3N4O2/c1-4-5-6-19-11(23)8-24-14-12-10(15(16,17)18)7-9(2)20-13(12)22(3)21-14/h7H,4-6,8H2,1-3H3,(H,19,23). The van der Waals surface area contributed by atoms with Crippen LogP contribution in [0.15, 0.2) is 6.07 Å². The number of pyridine rings is 1. The maximum Gasteiger partial charge on any atom is 0.417 e. The van der Waals surface area contributed by atoms with Crippen molar-refractivity contribution in [3.8, 4) is 5.88 Å². The average Bonchev–Trinajstić information content (AvgIpc) is 2.80. The van der Waals surface area contributed by atoms with Gasteiger partial charge in [0.1, 0.15) is 0 Å². The molecule has 2 aromatic rings. The van der Waals surface area contributed by atoms with Gasteiger partial charge in [-0.25, -0.2) is 9.67 Å². The normalized spacial score (nSPS) is 11.8. The van der Waals surface area contributed by atoms with Gasteiger partial charge in [-0.15, -0.1) is 5.10 Å². The third-order valence-electron chi connectivity index (χ3n) is 3.39. The van der Waals surface area contributed by atoms with E-state index < -0.39 is 24.3 Å². The lowest BCUT2D eigenvalue weighted by molar-refractivity contribution is -0.136. The van der Waals surface area contributed by atoms with Crippen LogP contribution >= 0.6 is 0 Å². The summed E-state index contributed by atoms with van der Waals surface area (Å²) in [5.74, 6) is -0.658. The number of ether oxygens (including phenoxy) is 1. The fourth-order valence-corrected chi connectivity index (χ4v) is 2.25. The number of carbonyl (C=O) groups excluding carboxylic acids is 1. The van der Waals surface area contributed by atoms with Gasteiger partial charge in [0.05, 0.1) is 10.9 Å². The predicted octanol–water partition coefficient (Wildman–Crippen LogP) is 2.59. The molecule has 6 nitrogen and oxygen atoms in total. The summed E-state index contributed by atoms with van der Waals surface area (Å²) in [4.78, 5) is 15.7. The van der Waals surface area contributed by atoms with E-state index in [1.807, 2.05) is 6.92 Å². The van der Waals surface area contributed by atoms with Gasteiger partial charge in [-0.3, -0.25) is 4.79 Å². The maximum atomic E-state index is 13.3. The van der Waals surface area contributed by atoms with Crippen molar-refractivity contribution in [2.45, 2.75) is 32.9 Å². The molecule has 24 heavy (non-hydrogen) atoms. The minimum absolute atomic E-state index is 0.0590. The quantitative estimate of drug-likeness (QED) is 0.818. The van der Waals surface area contributed by atoms with E-state index in [0.29, 0.717) is 6.54 Å². The van der Waals surface area contributed by atoms with Crippen LogP contribution in [0.1, 0.15) is 31.0 Å².